The Bertz CT molecular complexity index is 205. The molecule has 0 unspecified atom stereocenters. The highest BCUT2D eigenvalue weighted by Crippen LogP contribution is 2.36. The Morgan fingerprint density at radius 3 is 3.23 bits per heavy atom. The highest BCUT2D eigenvalue weighted by molar-refractivity contribution is 4.98. The van der Waals surface area contributed by atoms with Gasteiger partial charge in [0, 0.05) is 12.0 Å². The van der Waals surface area contributed by atoms with E-state index in [4.69, 9.17) is 9.47 Å². The molecule has 74 valence electrons. The zero-order valence-electron chi connectivity index (χ0n) is 7.48. The molecule has 3 aliphatic rings. The zero-order valence-corrected chi connectivity index (χ0v) is 7.48. The summed E-state index contributed by atoms with van der Waals surface area (Å²) in [6, 6.07) is 0.194. The van der Waals surface area contributed by atoms with Gasteiger partial charge in [-0.2, -0.15) is 0 Å². The number of rotatable bonds is 0. The van der Waals surface area contributed by atoms with E-state index in [9.17, 15) is 5.11 Å². The van der Waals surface area contributed by atoms with Crippen molar-refractivity contribution in [1.82, 2.24) is 5.32 Å². The molecule has 0 aromatic carbocycles. The first-order valence-corrected chi connectivity index (χ1v) is 5.05. The van der Waals surface area contributed by atoms with E-state index < -0.39 is 6.10 Å². The molecule has 3 rings (SSSR count). The minimum atomic E-state index is -0.482. The summed E-state index contributed by atoms with van der Waals surface area (Å²) in [7, 11) is 0. The lowest BCUT2D eigenvalue weighted by Crippen LogP contribution is -2.59. The largest absolute Gasteiger partial charge is 0.386 e. The first-order valence-electron chi connectivity index (χ1n) is 5.05. The van der Waals surface area contributed by atoms with E-state index in [0.717, 1.165) is 13.0 Å². The Labute approximate surface area is 77.2 Å². The number of nitrogens with one attached hydrogen (secondary N) is 1. The van der Waals surface area contributed by atoms with Gasteiger partial charge in [0.1, 0.15) is 6.10 Å². The van der Waals surface area contributed by atoms with Crippen LogP contribution in [0.3, 0.4) is 0 Å². The standard InChI is InChI=1S/C9H15NO3/c11-8-7-5(2-1-3-10-7)6-4-12-9(8)13-6/h5-11H,1-4H2/t5-,6-,7-,8+,9-/m1/s1. The predicted octanol–water partition coefficient (Wildman–Crippen LogP) is -0.529. The number of fused-ring (bicyclic) bond motifs is 4. The summed E-state index contributed by atoms with van der Waals surface area (Å²) in [5.41, 5.74) is 0. The summed E-state index contributed by atoms with van der Waals surface area (Å²) in [5.74, 6) is 0.447. The third kappa shape index (κ3) is 1.13. The van der Waals surface area contributed by atoms with Crippen LogP contribution in [0.2, 0.25) is 0 Å². The molecule has 5 atom stereocenters. The maximum absolute atomic E-state index is 9.88. The maximum atomic E-state index is 9.88. The van der Waals surface area contributed by atoms with Gasteiger partial charge in [0.05, 0.1) is 12.7 Å². The Balaban J connectivity index is 1.85. The lowest BCUT2D eigenvalue weighted by atomic mass is 9.82. The van der Waals surface area contributed by atoms with Gasteiger partial charge in [0.25, 0.3) is 0 Å². The van der Waals surface area contributed by atoms with Gasteiger partial charge in [-0.3, -0.25) is 0 Å². The SMILES string of the molecule is O[C@@H]1[C@@H]2OC[C@@H](O2)[C@H]2CCCN[C@@H]12. The second kappa shape index (κ2) is 2.92. The van der Waals surface area contributed by atoms with Crippen molar-refractivity contribution in [1.29, 1.82) is 0 Å². The molecule has 4 nitrogen and oxygen atoms in total. The summed E-state index contributed by atoms with van der Waals surface area (Å²) < 4.78 is 10.9. The van der Waals surface area contributed by atoms with Crippen molar-refractivity contribution < 1.29 is 14.6 Å². The van der Waals surface area contributed by atoms with Gasteiger partial charge >= 0.3 is 0 Å². The molecule has 0 spiro atoms. The van der Waals surface area contributed by atoms with Crippen LogP contribution < -0.4 is 5.32 Å². The molecule has 3 fully saturated rings. The number of hydrogen-bond donors (Lipinski definition) is 2. The van der Waals surface area contributed by atoms with Gasteiger partial charge in [-0.05, 0) is 19.4 Å². The van der Waals surface area contributed by atoms with Crippen molar-refractivity contribution in [3.8, 4) is 0 Å². The van der Waals surface area contributed by atoms with Crippen molar-refractivity contribution in [2.45, 2.75) is 37.4 Å². The van der Waals surface area contributed by atoms with Gasteiger partial charge in [0.2, 0.25) is 0 Å². The average molecular weight is 185 g/mol. The second-order valence-electron chi connectivity index (χ2n) is 4.15. The topological polar surface area (TPSA) is 50.7 Å². The molecule has 3 saturated heterocycles. The fourth-order valence-corrected chi connectivity index (χ4v) is 2.74. The normalized spacial score (nSPS) is 54.7. The van der Waals surface area contributed by atoms with Crippen LogP contribution in [-0.2, 0) is 9.47 Å². The molecule has 0 aromatic rings. The van der Waals surface area contributed by atoms with E-state index in [1.165, 1.54) is 6.42 Å². The highest BCUT2D eigenvalue weighted by Gasteiger charge is 2.50. The van der Waals surface area contributed by atoms with Crippen molar-refractivity contribution in [3.05, 3.63) is 0 Å². The van der Waals surface area contributed by atoms with Crippen LogP contribution in [-0.4, -0.2) is 42.8 Å². The number of piperidine rings is 1. The molecule has 3 aliphatic heterocycles. The maximum Gasteiger partial charge on any atom is 0.185 e. The predicted molar refractivity (Wildman–Crippen MR) is 45.1 cm³/mol. The third-order valence-corrected chi connectivity index (χ3v) is 3.41. The van der Waals surface area contributed by atoms with Crippen molar-refractivity contribution in [2.24, 2.45) is 5.92 Å². The van der Waals surface area contributed by atoms with Gasteiger partial charge in [-0.1, -0.05) is 0 Å². The van der Waals surface area contributed by atoms with Crippen LogP contribution in [0, 0.1) is 5.92 Å². The molecule has 13 heavy (non-hydrogen) atoms. The van der Waals surface area contributed by atoms with E-state index in [0.29, 0.717) is 12.5 Å². The van der Waals surface area contributed by atoms with Gasteiger partial charge in [0.15, 0.2) is 6.29 Å². The molecule has 2 bridgehead atoms. The molecule has 0 saturated carbocycles. The summed E-state index contributed by atoms with van der Waals surface area (Å²) in [6.45, 7) is 1.67. The first kappa shape index (κ1) is 8.17. The number of hydrogen-bond acceptors (Lipinski definition) is 4. The molecule has 0 amide bonds. The van der Waals surface area contributed by atoms with E-state index >= 15 is 0 Å². The van der Waals surface area contributed by atoms with Crippen molar-refractivity contribution in [2.75, 3.05) is 13.2 Å². The lowest BCUT2D eigenvalue weighted by Gasteiger charge is -2.42. The fourth-order valence-electron chi connectivity index (χ4n) is 2.74. The Morgan fingerprint density at radius 1 is 1.38 bits per heavy atom. The van der Waals surface area contributed by atoms with Crippen molar-refractivity contribution in [3.63, 3.8) is 0 Å². The molecule has 0 aromatic heterocycles. The van der Waals surface area contributed by atoms with E-state index in [1.807, 2.05) is 0 Å². The number of aliphatic hydroxyl groups excluding tert-OH is 1. The second-order valence-corrected chi connectivity index (χ2v) is 4.15. The molecule has 2 N–H and O–H groups in total. The molecule has 0 aliphatic carbocycles. The molecule has 4 heteroatoms. The number of ether oxygens (including phenoxy) is 2. The Kier molecular flexibility index (Phi) is 1.83. The van der Waals surface area contributed by atoms with Gasteiger partial charge in [-0.25, -0.2) is 0 Å². The molecular formula is C9H15NO3. The Hall–Kier alpha value is -0.160. The summed E-state index contributed by atoms with van der Waals surface area (Å²) >= 11 is 0. The van der Waals surface area contributed by atoms with E-state index in [2.05, 4.69) is 5.32 Å². The lowest BCUT2D eigenvalue weighted by molar-refractivity contribution is -0.185. The molecular weight excluding hydrogens is 170 g/mol. The van der Waals surface area contributed by atoms with E-state index in [-0.39, 0.29) is 18.4 Å². The summed E-state index contributed by atoms with van der Waals surface area (Å²) in [5, 5.41) is 13.2. The summed E-state index contributed by atoms with van der Waals surface area (Å²) in [6.07, 6.45) is 1.68. The molecule has 0 radical (unpaired) electrons. The van der Waals surface area contributed by atoms with Crippen LogP contribution in [0.1, 0.15) is 12.8 Å². The van der Waals surface area contributed by atoms with Gasteiger partial charge in [-0.15, -0.1) is 0 Å². The number of aliphatic hydroxyl groups is 1. The van der Waals surface area contributed by atoms with Crippen molar-refractivity contribution >= 4 is 0 Å². The van der Waals surface area contributed by atoms with E-state index in [1.54, 1.807) is 0 Å². The zero-order chi connectivity index (χ0) is 8.84. The van der Waals surface area contributed by atoms with Crippen LogP contribution in [0.4, 0.5) is 0 Å². The van der Waals surface area contributed by atoms with Crippen LogP contribution >= 0.6 is 0 Å². The average Bonchev–Trinajstić information content (AvgIpc) is 2.61. The first-order chi connectivity index (χ1) is 6.36. The van der Waals surface area contributed by atoms with Crippen LogP contribution in [0.15, 0.2) is 0 Å². The minimum absolute atomic E-state index is 0.194. The minimum Gasteiger partial charge on any atom is -0.386 e. The van der Waals surface area contributed by atoms with Crippen LogP contribution in [0.5, 0.6) is 0 Å². The highest BCUT2D eigenvalue weighted by atomic mass is 16.7. The smallest absolute Gasteiger partial charge is 0.185 e. The van der Waals surface area contributed by atoms with Crippen LogP contribution in [0.25, 0.3) is 0 Å². The quantitative estimate of drug-likeness (QED) is 0.532. The third-order valence-electron chi connectivity index (χ3n) is 3.41. The molecule has 3 heterocycles. The monoisotopic (exact) mass is 185 g/mol. The summed E-state index contributed by atoms with van der Waals surface area (Å²) in [4.78, 5) is 0. The van der Waals surface area contributed by atoms with Gasteiger partial charge < -0.3 is 19.9 Å². The fraction of sp³-hybridized carbons (Fsp3) is 1.00. The Morgan fingerprint density at radius 2 is 2.31 bits per heavy atom.